The summed E-state index contributed by atoms with van der Waals surface area (Å²) in [5.74, 6) is 0. The average Bonchev–Trinajstić information content (AvgIpc) is 2.11. The first kappa shape index (κ1) is 8.97. The number of hydrogen-bond donors (Lipinski definition) is 3. The summed E-state index contributed by atoms with van der Waals surface area (Å²) in [5, 5.41) is 21.8. The van der Waals surface area contributed by atoms with E-state index in [0.29, 0.717) is 6.54 Å². The van der Waals surface area contributed by atoms with E-state index >= 15 is 0 Å². The highest BCUT2D eigenvalue weighted by Gasteiger charge is 2.39. The molecule has 3 unspecified atom stereocenters. The van der Waals surface area contributed by atoms with E-state index in [2.05, 4.69) is 5.32 Å². The number of hydrogen-bond acceptors (Lipinski definition) is 3. The topological polar surface area (TPSA) is 52.5 Å². The number of rotatable bonds is 0. The maximum atomic E-state index is 9.48. The van der Waals surface area contributed by atoms with Crippen molar-refractivity contribution in [3.8, 4) is 0 Å². The van der Waals surface area contributed by atoms with E-state index in [0.717, 1.165) is 0 Å². The lowest BCUT2D eigenvalue weighted by atomic mass is 9.84. The van der Waals surface area contributed by atoms with E-state index in [-0.39, 0.29) is 11.5 Å². The van der Waals surface area contributed by atoms with Crippen LogP contribution in [0, 0.1) is 5.41 Å². The molecular formula is C8H17NO2. The standard InChI is InChI=1S/C8H17NO2/c1-8(2,3)7-6(11)5(10)4-9-7/h5-7,9-11H,4H2,1-3H3. The van der Waals surface area contributed by atoms with Gasteiger partial charge in [-0.15, -0.1) is 0 Å². The van der Waals surface area contributed by atoms with Gasteiger partial charge in [0.2, 0.25) is 0 Å². The Bertz CT molecular complexity index is 142. The van der Waals surface area contributed by atoms with Crippen LogP contribution in [0.1, 0.15) is 20.8 Å². The van der Waals surface area contributed by atoms with Crippen LogP contribution < -0.4 is 5.32 Å². The van der Waals surface area contributed by atoms with Crippen LogP contribution in [0.15, 0.2) is 0 Å². The zero-order valence-electron chi connectivity index (χ0n) is 7.33. The fourth-order valence-corrected chi connectivity index (χ4v) is 1.53. The summed E-state index contributed by atoms with van der Waals surface area (Å²) in [5.41, 5.74) is 0.0108. The first-order valence-corrected chi connectivity index (χ1v) is 4.02. The highest BCUT2D eigenvalue weighted by molar-refractivity contribution is 4.96. The first-order chi connectivity index (χ1) is 4.93. The molecule has 0 spiro atoms. The lowest BCUT2D eigenvalue weighted by molar-refractivity contribution is 0.0192. The second-order valence-corrected chi connectivity index (χ2v) is 4.31. The van der Waals surface area contributed by atoms with E-state index in [4.69, 9.17) is 0 Å². The van der Waals surface area contributed by atoms with Gasteiger partial charge in [-0.05, 0) is 5.41 Å². The van der Waals surface area contributed by atoms with E-state index in [1.54, 1.807) is 0 Å². The molecule has 0 amide bonds. The van der Waals surface area contributed by atoms with Gasteiger partial charge in [0.1, 0.15) is 0 Å². The van der Waals surface area contributed by atoms with Crippen molar-refractivity contribution in [3.05, 3.63) is 0 Å². The van der Waals surface area contributed by atoms with Gasteiger partial charge in [-0.2, -0.15) is 0 Å². The fourth-order valence-electron chi connectivity index (χ4n) is 1.53. The first-order valence-electron chi connectivity index (χ1n) is 4.02. The van der Waals surface area contributed by atoms with Gasteiger partial charge in [-0.1, -0.05) is 20.8 Å². The molecular weight excluding hydrogens is 142 g/mol. The van der Waals surface area contributed by atoms with Crippen molar-refractivity contribution in [2.75, 3.05) is 6.54 Å². The van der Waals surface area contributed by atoms with Crippen molar-refractivity contribution in [1.82, 2.24) is 5.32 Å². The minimum Gasteiger partial charge on any atom is -0.389 e. The summed E-state index contributed by atoms with van der Waals surface area (Å²) in [6.45, 7) is 6.65. The van der Waals surface area contributed by atoms with Crippen LogP contribution in [0.2, 0.25) is 0 Å². The van der Waals surface area contributed by atoms with Crippen LogP contribution in [0.4, 0.5) is 0 Å². The highest BCUT2D eigenvalue weighted by Crippen LogP contribution is 2.26. The van der Waals surface area contributed by atoms with Crippen molar-refractivity contribution >= 4 is 0 Å². The normalized spacial score (nSPS) is 39.5. The second kappa shape index (κ2) is 2.73. The van der Waals surface area contributed by atoms with Crippen LogP contribution in [0.25, 0.3) is 0 Å². The molecule has 3 N–H and O–H groups in total. The van der Waals surface area contributed by atoms with Crippen LogP contribution in [-0.4, -0.2) is 35.0 Å². The van der Waals surface area contributed by atoms with E-state index in [1.165, 1.54) is 0 Å². The molecule has 1 rings (SSSR count). The molecule has 11 heavy (non-hydrogen) atoms. The molecule has 3 nitrogen and oxygen atoms in total. The zero-order chi connectivity index (χ0) is 8.65. The number of nitrogens with one attached hydrogen (secondary N) is 1. The van der Waals surface area contributed by atoms with Gasteiger partial charge in [0.05, 0.1) is 12.2 Å². The summed E-state index contributed by atoms with van der Waals surface area (Å²) in [7, 11) is 0. The van der Waals surface area contributed by atoms with Gasteiger partial charge >= 0.3 is 0 Å². The Kier molecular flexibility index (Phi) is 2.23. The Labute approximate surface area is 67.4 Å². The maximum Gasteiger partial charge on any atom is 0.0969 e. The van der Waals surface area contributed by atoms with E-state index in [9.17, 15) is 10.2 Å². The second-order valence-electron chi connectivity index (χ2n) is 4.31. The maximum absolute atomic E-state index is 9.48. The minimum atomic E-state index is -0.616. The molecule has 1 heterocycles. The molecule has 0 saturated carbocycles. The third kappa shape index (κ3) is 1.72. The molecule has 0 aromatic heterocycles. The lowest BCUT2D eigenvalue weighted by Gasteiger charge is -2.29. The molecule has 0 aromatic carbocycles. The summed E-state index contributed by atoms with van der Waals surface area (Å²) in [4.78, 5) is 0. The minimum absolute atomic E-state index is 0.0108. The molecule has 1 fully saturated rings. The van der Waals surface area contributed by atoms with Crippen molar-refractivity contribution in [2.45, 2.75) is 39.0 Å². The Morgan fingerprint density at radius 3 is 2.00 bits per heavy atom. The summed E-state index contributed by atoms with van der Waals surface area (Å²) < 4.78 is 0. The molecule has 0 bridgehead atoms. The fraction of sp³-hybridized carbons (Fsp3) is 1.00. The summed E-state index contributed by atoms with van der Waals surface area (Å²) in [6, 6.07) is 0.0116. The average molecular weight is 159 g/mol. The summed E-state index contributed by atoms with van der Waals surface area (Å²) in [6.07, 6.45) is -1.21. The number of aliphatic hydroxyl groups is 2. The van der Waals surface area contributed by atoms with Gasteiger partial charge in [0.15, 0.2) is 0 Å². The Morgan fingerprint density at radius 1 is 1.27 bits per heavy atom. The van der Waals surface area contributed by atoms with Crippen LogP contribution in [-0.2, 0) is 0 Å². The monoisotopic (exact) mass is 159 g/mol. The molecule has 1 aliphatic heterocycles. The summed E-state index contributed by atoms with van der Waals surface area (Å²) >= 11 is 0. The molecule has 0 aromatic rings. The molecule has 1 aliphatic rings. The quantitative estimate of drug-likeness (QED) is 0.456. The number of aliphatic hydroxyl groups excluding tert-OH is 2. The van der Waals surface area contributed by atoms with Crippen LogP contribution >= 0.6 is 0 Å². The molecule has 66 valence electrons. The lowest BCUT2D eigenvalue weighted by Crippen LogP contribution is -2.43. The zero-order valence-corrected chi connectivity index (χ0v) is 7.33. The Morgan fingerprint density at radius 2 is 1.82 bits per heavy atom. The van der Waals surface area contributed by atoms with E-state index < -0.39 is 12.2 Å². The Balaban J connectivity index is 2.62. The van der Waals surface area contributed by atoms with Crippen molar-refractivity contribution < 1.29 is 10.2 Å². The van der Waals surface area contributed by atoms with E-state index in [1.807, 2.05) is 20.8 Å². The molecule has 0 aliphatic carbocycles. The highest BCUT2D eigenvalue weighted by atomic mass is 16.3. The molecule has 1 saturated heterocycles. The van der Waals surface area contributed by atoms with Gasteiger partial charge in [-0.3, -0.25) is 0 Å². The van der Waals surface area contributed by atoms with Crippen molar-refractivity contribution in [2.24, 2.45) is 5.41 Å². The molecule has 0 radical (unpaired) electrons. The smallest absolute Gasteiger partial charge is 0.0969 e. The van der Waals surface area contributed by atoms with Gasteiger partial charge in [0, 0.05) is 12.6 Å². The predicted octanol–water partition coefficient (Wildman–Crippen LogP) is -0.274. The number of β-amino-alcohol motifs (C(OH)–C–C–N with tert-alkyl or cyclic N) is 1. The van der Waals surface area contributed by atoms with Crippen molar-refractivity contribution in [3.63, 3.8) is 0 Å². The SMILES string of the molecule is CC(C)(C)C1NCC(O)C1O. The third-order valence-corrected chi connectivity index (χ3v) is 2.22. The third-order valence-electron chi connectivity index (χ3n) is 2.22. The van der Waals surface area contributed by atoms with Crippen molar-refractivity contribution in [1.29, 1.82) is 0 Å². The largest absolute Gasteiger partial charge is 0.389 e. The Hall–Kier alpha value is -0.120. The van der Waals surface area contributed by atoms with Crippen LogP contribution in [0.3, 0.4) is 0 Å². The van der Waals surface area contributed by atoms with Crippen LogP contribution in [0.5, 0.6) is 0 Å². The molecule has 3 atom stereocenters. The van der Waals surface area contributed by atoms with Gasteiger partial charge in [0.25, 0.3) is 0 Å². The van der Waals surface area contributed by atoms with Gasteiger partial charge < -0.3 is 15.5 Å². The predicted molar refractivity (Wildman–Crippen MR) is 43.3 cm³/mol. The molecule has 3 heteroatoms. The van der Waals surface area contributed by atoms with Gasteiger partial charge in [-0.25, -0.2) is 0 Å².